The second kappa shape index (κ2) is 5.02. The van der Waals surface area contributed by atoms with E-state index in [-0.39, 0.29) is 17.1 Å². The van der Waals surface area contributed by atoms with Gasteiger partial charge in [0.25, 0.3) is 0 Å². The molecule has 44 valence electrons. The van der Waals surface area contributed by atoms with Gasteiger partial charge in [-0.3, -0.25) is 5.75 Å². The molecule has 0 aromatic rings. The quantitative estimate of drug-likeness (QED) is 0.383. The molecular formula is C5H9FeS-. The summed E-state index contributed by atoms with van der Waals surface area (Å²) in [5.74, 6) is 3.67. The van der Waals surface area contributed by atoms with Gasteiger partial charge in [-0.05, 0) is 12.2 Å². The maximum absolute atomic E-state index is 2.31. The van der Waals surface area contributed by atoms with E-state index < -0.39 is 0 Å². The maximum Gasteiger partial charge on any atom is 0 e. The molecule has 0 nitrogen and oxygen atoms in total. The second-order valence-corrected chi connectivity index (χ2v) is 2.61. The van der Waals surface area contributed by atoms with Crippen LogP contribution in [0.3, 0.4) is 0 Å². The SMILES string of the molecule is [CH-]1CCCCS1.[Fe]. The van der Waals surface area contributed by atoms with Crippen molar-refractivity contribution >= 4 is 11.8 Å². The molecule has 0 bridgehead atoms. The van der Waals surface area contributed by atoms with Crippen LogP contribution in [0.1, 0.15) is 19.3 Å². The molecule has 1 rings (SSSR count). The van der Waals surface area contributed by atoms with E-state index in [1.54, 1.807) is 0 Å². The summed E-state index contributed by atoms with van der Waals surface area (Å²) in [6.07, 6.45) is 4.19. The molecule has 0 saturated carbocycles. The first-order chi connectivity index (χ1) is 3.00. The zero-order valence-corrected chi connectivity index (χ0v) is 6.09. The van der Waals surface area contributed by atoms with E-state index >= 15 is 0 Å². The number of hydrogen-bond donors (Lipinski definition) is 0. The summed E-state index contributed by atoms with van der Waals surface area (Å²) in [5, 5.41) is 0. The summed E-state index contributed by atoms with van der Waals surface area (Å²) in [4.78, 5) is 0. The van der Waals surface area contributed by atoms with Crippen LogP contribution in [-0.4, -0.2) is 5.75 Å². The average molecular weight is 157 g/mol. The van der Waals surface area contributed by atoms with Crippen LogP contribution in [0.25, 0.3) is 0 Å². The van der Waals surface area contributed by atoms with Gasteiger partial charge >= 0.3 is 0 Å². The zero-order chi connectivity index (χ0) is 4.24. The average Bonchev–Trinajstić information content (AvgIpc) is 1.72. The van der Waals surface area contributed by atoms with Crippen molar-refractivity contribution in [2.24, 2.45) is 0 Å². The fourth-order valence-corrected chi connectivity index (χ4v) is 1.45. The van der Waals surface area contributed by atoms with E-state index in [4.69, 9.17) is 0 Å². The van der Waals surface area contributed by atoms with Crippen LogP contribution in [0.15, 0.2) is 0 Å². The van der Waals surface area contributed by atoms with Crippen LogP contribution < -0.4 is 0 Å². The molecule has 0 atom stereocenters. The summed E-state index contributed by atoms with van der Waals surface area (Å²) in [5.41, 5.74) is 0. The smallest absolute Gasteiger partial charge is 0 e. The fourth-order valence-electron chi connectivity index (χ4n) is 0.580. The van der Waals surface area contributed by atoms with Gasteiger partial charge in [0.15, 0.2) is 0 Å². The zero-order valence-electron chi connectivity index (χ0n) is 4.17. The minimum absolute atomic E-state index is 0. The Morgan fingerprint density at radius 3 is 2.29 bits per heavy atom. The van der Waals surface area contributed by atoms with E-state index in [1.807, 2.05) is 11.8 Å². The van der Waals surface area contributed by atoms with Gasteiger partial charge < -0.3 is 11.8 Å². The molecular weight excluding hydrogens is 148 g/mol. The van der Waals surface area contributed by atoms with E-state index in [0.29, 0.717) is 0 Å². The summed E-state index contributed by atoms with van der Waals surface area (Å²) in [6.45, 7) is 0. The Kier molecular flexibility index (Phi) is 5.64. The van der Waals surface area contributed by atoms with Crippen molar-refractivity contribution in [2.45, 2.75) is 19.3 Å². The molecule has 0 aromatic heterocycles. The molecule has 0 N–H and O–H groups in total. The Hall–Kier alpha value is 0.869. The van der Waals surface area contributed by atoms with Crippen LogP contribution in [0.2, 0.25) is 0 Å². The number of rotatable bonds is 0. The Bertz CT molecular complexity index is 23.6. The summed E-state index contributed by atoms with van der Waals surface area (Å²) in [7, 11) is 0. The third kappa shape index (κ3) is 3.45. The van der Waals surface area contributed by atoms with Gasteiger partial charge in [0.1, 0.15) is 0 Å². The first-order valence-corrected chi connectivity index (χ1v) is 3.48. The summed E-state index contributed by atoms with van der Waals surface area (Å²) in [6, 6.07) is 0. The van der Waals surface area contributed by atoms with Gasteiger partial charge in [-0.2, -0.15) is 6.42 Å². The molecule has 2 heteroatoms. The number of thioether (sulfide) groups is 1. The van der Waals surface area contributed by atoms with Crippen molar-refractivity contribution in [3.63, 3.8) is 0 Å². The van der Waals surface area contributed by atoms with Crippen molar-refractivity contribution in [3.05, 3.63) is 5.75 Å². The van der Waals surface area contributed by atoms with Gasteiger partial charge in [0.05, 0.1) is 0 Å². The number of hydrogen-bond acceptors (Lipinski definition) is 1. The molecule has 0 unspecified atom stereocenters. The molecule has 1 fully saturated rings. The molecule has 1 heterocycles. The van der Waals surface area contributed by atoms with Gasteiger partial charge in [-0.1, -0.05) is 6.42 Å². The van der Waals surface area contributed by atoms with Gasteiger partial charge in [-0.15, -0.1) is 0 Å². The van der Waals surface area contributed by atoms with Crippen molar-refractivity contribution in [2.75, 3.05) is 5.75 Å². The van der Waals surface area contributed by atoms with Crippen molar-refractivity contribution in [3.8, 4) is 0 Å². The van der Waals surface area contributed by atoms with Crippen molar-refractivity contribution in [1.29, 1.82) is 0 Å². The van der Waals surface area contributed by atoms with Gasteiger partial charge in [-0.25, -0.2) is 0 Å². The van der Waals surface area contributed by atoms with E-state index in [0.717, 1.165) is 0 Å². The second-order valence-electron chi connectivity index (χ2n) is 1.53. The van der Waals surface area contributed by atoms with Gasteiger partial charge in [0, 0.05) is 17.1 Å². The first kappa shape index (κ1) is 7.87. The molecule has 0 aromatic carbocycles. The van der Waals surface area contributed by atoms with Gasteiger partial charge in [0.2, 0.25) is 0 Å². The molecule has 0 spiro atoms. The largest absolute Gasteiger partial charge is 0.351 e. The van der Waals surface area contributed by atoms with Crippen LogP contribution in [0, 0.1) is 5.75 Å². The van der Waals surface area contributed by atoms with Crippen molar-refractivity contribution in [1.82, 2.24) is 0 Å². The van der Waals surface area contributed by atoms with Crippen LogP contribution >= 0.6 is 11.8 Å². The maximum atomic E-state index is 2.31. The Balaban J connectivity index is 0.000000360. The Labute approximate surface area is 59.9 Å². The standard InChI is InChI=1S/C5H9S.Fe/c1-2-4-6-5-3-1;/h4H,1-3,5H2;/q-1;. The third-order valence-electron chi connectivity index (χ3n) is 0.952. The third-order valence-corrected chi connectivity index (χ3v) is 1.95. The van der Waals surface area contributed by atoms with Crippen molar-refractivity contribution < 1.29 is 17.1 Å². The first-order valence-electron chi connectivity index (χ1n) is 2.43. The topological polar surface area (TPSA) is 0 Å². The van der Waals surface area contributed by atoms with E-state index in [1.165, 1.54) is 25.0 Å². The minimum Gasteiger partial charge on any atom is -0.351 e. The molecule has 0 radical (unpaired) electrons. The molecule has 7 heavy (non-hydrogen) atoms. The fraction of sp³-hybridized carbons (Fsp3) is 0.800. The van der Waals surface area contributed by atoms with E-state index in [9.17, 15) is 0 Å². The predicted molar refractivity (Wildman–Crippen MR) is 30.6 cm³/mol. The van der Waals surface area contributed by atoms with Crippen LogP contribution in [0.5, 0.6) is 0 Å². The predicted octanol–water partition coefficient (Wildman–Crippen LogP) is 2.06. The Morgan fingerprint density at radius 1 is 1.29 bits per heavy atom. The minimum atomic E-state index is 0. The molecule has 1 aliphatic heterocycles. The monoisotopic (exact) mass is 157 g/mol. The molecule has 1 aliphatic rings. The Morgan fingerprint density at radius 2 is 2.14 bits per heavy atom. The molecule has 1 saturated heterocycles. The normalized spacial score (nSPS) is 20.6. The van der Waals surface area contributed by atoms with Crippen LogP contribution in [-0.2, 0) is 17.1 Å². The molecule has 0 aliphatic carbocycles. The molecule has 0 amide bonds. The van der Waals surface area contributed by atoms with E-state index in [2.05, 4.69) is 5.75 Å². The van der Waals surface area contributed by atoms with Crippen LogP contribution in [0.4, 0.5) is 0 Å². The summed E-state index contributed by atoms with van der Waals surface area (Å²) >= 11 is 1.97. The summed E-state index contributed by atoms with van der Waals surface area (Å²) < 4.78 is 0.